The van der Waals surface area contributed by atoms with Crippen LogP contribution in [0.5, 0.6) is 5.75 Å². The van der Waals surface area contributed by atoms with Crippen molar-refractivity contribution in [3.05, 3.63) is 35.0 Å². The van der Waals surface area contributed by atoms with Gasteiger partial charge in [0.1, 0.15) is 24.5 Å². The van der Waals surface area contributed by atoms with Crippen molar-refractivity contribution >= 4 is 54.7 Å². The lowest BCUT2D eigenvalue weighted by Crippen LogP contribution is -2.36. The molecule has 2 unspecified atom stereocenters. The molecule has 2 aromatic rings. The van der Waals surface area contributed by atoms with E-state index in [1.807, 2.05) is 20.8 Å². The number of hydrogen-bond donors (Lipinski definition) is 7. The first-order valence-corrected chi connectivity index (χ1v) is 22.6. The smallest absolute Gasteiger partial charge is 0.290 e. The number of likely N-dealkylation sites (N-methyl/N-ethyl adjacent to an activating group) is 1. The summed E-state index contributed by atoms with van der Waals surface area (Å²) in [4.78, 5) is 53.3. The minimum absolute atomic E-state index is 0.0621. The number of fused-ring (bicyclic) bond motifs is 1. The van der Waals surface area contributed by atoms with Crippen molar-refractivity contribution in [1.82, 2.24) is 25.5 Å². The standard InChI is InChI=1S/C40H69N9O6S.CH2O2.CH4O.CH2O/c1-5-7-8-14-44-38-37-34(46-40(42)47-38)13-18-49(37)28-32-12-11-31(26-35(32)52-4)27-48(19-15-43-3)17-9-10-20-53-22-24-55-25-23-54-21-16-45-39(51)36(6-2)56-30-33(41)29-50;2-1-3;2*1-2/h11-12,26,29,33,36,43H,5-10,13-25,27-28,30,41H2,1-4H3,(H,45,51)(H3,42,44,46,47);1H,(H,2,3);2H,1H3;1H2. The first-order valence-electron chi connectivity index (χ1n) is 21.6. The van der Waals surface area contributed by atoms with E-state index in [0.29, 0.717) is 77.1 Å². The molecule has 0 fully saturated rings. The zero-order valence-corrected chi connectivity index (χ0v) is 39.1. The topological polar surface area (TPSA) is 266 Å². The lowest BCUT2D eigenvalue weighted by molar-refractivity contribution is -0.123. The number of benzene rings is 1. The summed E-state index contributed by atoms with van der Waals surface area (Å²) >= 11 is 1.40. The summed E-state index contributed by atoms with van der Waals surface area (Å²) in [6, 6.07) is 6.04. The maximum Gasteiger partial charge on any atom is 0.290 e. The lowest BCUT2D eigenvalue weighted by Gasteiger charge is -2.25. The number of nitrogens with two attached hydrogens (primary N) is 2. The molecule has 63 heavy (non-hydrogen) atoms. The van der Waals surface area contributed by atoms with Gasteiger partial charge in [-0.1, -0.05) is 38.8 Å². The predicted octanol–water partition coefficient (Wildman–Crippen LogP) is 2.36. The molecule has 19 nitrogen and oxygen atoms in total. The Morgan fingerprint density at radius 3 is 2.30 bits per heavy atom. The van der Waals surface area contributed by atoms with Gasteiger partial charge >= 0.3 is 0 Å². The number of anilines is 3. The third-order valence-corrected chi connectivity index (χ3v) is 10.9. The quantitative estimate of drug-likeness (QED) is 0.0400. The van der Waals surface area contributed by atoms with Crippen molar-refractivity contribution in [3.63, 3.8) is 0 Å². The van der Waals surface area contributed by atoms with Crippen LogP contribution < -0.4 is 37.1 Å². The van der Waals surface area contributed by atoms with Crippen LogP contribution in [0, 0.1) is 0 Å². The third kappa shape index (κ3) is 25.7. The number of ether oxygens (including phenoxy) is 4. The van der Waals surface area contributed by atoms with Gasteiger partial charge in [0.15, 0.2) is 5.82 Å². The number of nitrogen functional groups attached to an aromatic ring is 1. The molecule has 0 aliphatic carbocycles. The molecule has 2 heterocycles. The van der Waals surface area contributed by atoms with E-state index < -0.39 is 6.04 Å². The molecular weight excluding hydrogens is 835 g/mol. The molecule has 2 atom stereocenters. The maximum atomic E-state index is 12.3. The zero-order valence-electron chi connectivity index (χ0n) is 38.3. The third-order valence-electron chi connectivity index (χ3n) is 9.41. The largest absolute Gasteiger partial charge is 0.496 e. The summed E-state index contributed by atoms with van der Waals surface area (Å²) < 4.78 is 22.9. The lowest BCUT2D eigenvalue weighted by atomic mass is 10.1. The molecule has 1 amide bonds. The second-order valence-corrected chi connectivity index (χ2v) is 15.3. The molecule has 0 bridgehead atoms. The Morgan fingerprint density at radius 2 is 1.67 bits per heavy atom. The number of amides is 1. The Bertz CT molecular complexity index is 1490. The van der Waals surface area contributed by atoms with E-state index in [2.05, 4.69) is 60.8 Å². The summed E-state index contributed by atoms with van der Waals surface area (Å²) in [5.41, 5.74) is 16.1. The average Bonchev–Trinajstić information content (AvgIpc) is 3.70. The number of unbranched alkanes of at least 4 members (excludes halogenated alkanes) is 3. The number of aliphatic hydroxyl groups is 1. The first-order chi connectivity index (χ1) is 30.7. The molecule has 9 N–H and O–H groups in total. The number of thioether (sulfide) groups is 1. The highest BCUT2D eigenvalue weighted by Gasteiger charge is 2.27. The van der Waals surface area contributed by atoms with Crippen LogP contribution in [0.15, 0.2) is 18.2 Å². The van der Waals surface area contributed by atoms with Crippen LogP contribution in [0.1, 0.15) is 69.2 Å². The number of nitrogens with zero attached hydrogens (tertiary/aromatic N) is 4. The average molecular weight is 912 g/mol. The van der Waals surface area contributed by atoms with E-state index in [4.69, 9.17) is 50.2 Å². The number of carbonyl (C=O) groups excluding carboxylic acids is 3. The van der Waals surface area contributed by atoms with Gasteiger partial charge in [0.25, 0.3) is 6.47 Å². The molecule has 1 aromatic heterocycles. The molecule has 360 valence electrons. The Morgan fingerprint density at radius 1 is 0.984 bits per heavy atom. The Kier molecular flexibility index (Phi) is 36.8. The van der Waals surface area contributed by atoms with E-state index in [1.165, 1.54) is 30.2 Å². The first kappa shape index (κ1) is 58.9. The number of rotatable bonds is 33. The van der Waals surface area contributed by atoms with E-state index in [-0.39, 0.29) is 17.6 Å². The molecule has 0 spiro atoms. The fraction of sp³-hybridized carbons (Fsp3) is 0.674. The van der Waals surface area contributed by atoms with Gasteiger partial charge in [-0.05, 0) is 50.9 Å². The SMILES string of the molecule is C=O.CCCCCNc1nc(N)nc2c1N(Cc1ccc(CN(CCCCOCCOCCOCCNC(=O)C(CC)SCC(N)C=O)CCNC)cc1OC)CC2.CO.O=CO. The van der Waals surface area contributed by atoms with Gasteiger partial charge < -0.3 is 71.1 Å². The van der Waals surface area contributed by atoms with Crippen LogP contribution in [0.3, 0.4) is 0 Å². The molecule has 0 saturated heterocycles. The number of carbonyl (C=O) groups is 4. The van der Waals surface area contributed by atoms with Crippen LogP contribution >= 0.6 is 11.8 Å². The van der Waals surface area contributed by atoms with Gasteiger partial charge in [-0.3, -0.25) is 14.5 Å². The highest BCUT2D eigenvalue weighted by Crippen LogP contribution is 2.36. The van der Waals surface area contributed by atoms with E-state index in [0.717, 1.165) is 101 Å². The fourth-order valence-electron chi connectivity index (χ4n) is 6.35. The van der Waals surface area contributed by atoms with Gasteiger partial charge in [0, 0.05) is 77.3 Å². The molecule has 3 rings (SSSR count). The Labute approximate surface area is 379 Å². The Hall–Kier alpha value is -4.15. The van der Waals surface area contributed by atoms with Crippen molar-refractivity contribution in [2.75, 3.05) is 122 Å². The summed E-state index contributed by atoms with van der Waals surface area (Å²) in [5.74, 6) is 2.40. The summed E-state index contributed by atoms with van der Waals surface area (Å²) in [5, 5.41) is 23.3. The summed E-state index contributed by atoms with van der Waals surface area (Å²) in [7, 11) is 4.73. The highest BCUT2D eigenvalue weighted by molar-refractivity contribution is 8.00. The van der Waals surface area contributed by atoms with Crippen LogP contribution in [0.25, 0.3) is 0 Å². The minimum Gasteiger partial charge on any atom is -0.496 e. The number of nitrogens with one attached hydrogen (secondary N) is 3. The van der Waals surface area contributed by atoms with Gasteiger partial charge in [-0.25, -0.2) is 4.98 Å². The van der Waals surface area contributed by atoms with Crippen molar-refractivity contribution in [1.29, 1.82) is 0 Å². The van der Waals surface area contributed by atoms with Crippen molar-refractivity contribution in [3.8, 4) is 5.75 Å². The van der Waals surface area contributed by atoms with Crippen molar-refractivity contribution in [2.24, 2.45) is 5.73 Å². The van der Waals surface area contributed by atoms with E-state index in [1.54, 1.807) is 7.11 Å². The second-order valence-electron chi connectivity index (χ2n) is 14.0. The van der Waals surface area contributed by atoms with E-state index in [9.17, 15) is 9.59 Å². The van der Waals surface area contributed by atoms with Gasteiger partial charge in [-0.2, -0.15) is 4.98 Å². The fourth-order valence-corrected chi connectivity index (χ4v) is 7.36. The summed E-state index contributed by atoms with van der Waals surface area (Å²) in [6.07, 6.45) is 7.65. The second kappa shape index (κ2) is 39.4. The van der Waals surface area contributed by atoms with Crippen LogP contribution in [0.2, 0.25) is 0 Å². The monoisotopic (exact) mass is 912 g/mol. The van der Waals surface area contributed by atoms with E-state index >= 15 is 0 Å². The van der Waals surface area contributed by atoms with Crippen molar-refractivity contribution < 1.29 is 48.3 Å². The van der Waals surface area contributed by atoms with Crippen LogP contribution in [-0.4, -0.2) is 168 Å². The highest BCUT2D eigenvalue weighted by atomic mass is 32.2. The number of methoxy groups -OCH3 is 1. The van der Waals surface area contributed by atoms with Gasteiger partial charge in [0.2, 0.25) is 11.9 Å². The maximum absolute atomic E-state index is 12.3. The zero-order chi connectivity index (χ0) is 47.1. The number of aldehydes is 1. The molecule has 20 heteroatoms. The molecule has 0 radical (unpaired) electrons. The van der Waals surface area contributed by atoms with Gasteiger partial charge in [0.05, 0.1) is 57.1 Å². The van der Waals surface area contributed by atoms with Crippen LogP contribution in [0.4, 0.5) is 17.5 Å². The predicted molar refractivity (Wildman–Crippen MR) is 251 cm³/mol. The molecular formula is C43H77N9O10S. The number of carboxylic acid groups (broad SMARTS) is 1. The minimum atomic E-state index is -0.548. The summed E-state index contributed by atoms with van der Waals surface area (Å²) in [6.45, 7) is 15.5. The number of hydrogen-bond acceptors (Lipinski definition) is 18. The Balaban J connectivity index is 0.00000518. The number of aliphatic hydroxyl groups excluding tert-OH is 1. The molecule has 1 aliphatic rings. The van der Waals surface area contributed by atoms with Gasteiger partial charge in [-0.15, -0.1) is 11.8 Å². The molecule has 1 aliphatic heterocycles. The van der Waals surface area contributed by atoms with Crippen molar-refractivity contribution in [2.45, 2.75) is 83.2 Å². The number of aromatic nitrogens is 2. The molecule has 0 saturated carbocycles. The van der Waals surface area contributed by atoms with Crippen LogP contribution in [-0.2, 0) is 52.9 Å². The normalized spacial score (nSPS) is 12.3. The molecule has 1 aromatic carbocycles.